The number of alkyl carbamates (subject to hydrolysis) is 1. The summed E-state index contributed by atoms with van der Waals surface area (Å²) in [4.78, 5) is 38.9. The first kappa shape index (κ1) is 35.7. The van der Waals surface area contributed by atoms with Gasteiger partial charge in [0.2, 0.25) is 0 Å². The lowest BCUT2D eigenvalue weighted by atomic mass is 9.98. The number of hydrogen-bond acceptors (Lipinski definition) is 7. The number of carbonyl (C=O) groups is 3. The number of unbranched alkanes of at least 4 members (excludes halogenated alkanes) is 7. The first-order chi connectivity index (χ1) is 22.0. The zero-order valence-electron chi connectivity index (χ0n) is 27.2. The van der Waals surface area contributed by atoms with Gasteiger partial charge in [-0.1, -0.05) is 76.6 Å². The summed E-state index contributed by atoms with van der Waals surface area (Å²) in [6, 6.07) is 16.4. The number of nitrogens with one attached hydrogen (secondary N) is 1. The molecule has 2 amide bonds. The van der Waals surface area contributed by atoms with Crippen LogP contribution in [0.15, 0.2) is 54.6 Å². The van der Waals surface area contributed by atoms with Crippen LogP contribution in [0, 0.1) is 5.92 Å². The van der Waals surface area contributed by atoms with Crippen LogP contribution in [0.2, 0.25) is 0 Å². The predicted molar refractivity (Wildman–Crippen MR) is 175 cm³/mol. The molecule has 1 fully saturated rings. The molecule has 1 aliphatic heterocycles. The average Bonchev–Trinajstić information content (AvgIpc) is 3.05. The highest BCUT2D eigenvalue weighted by Crippen LogP contribution is 2.26. The van der Waals surface area contributed by atoms with Crippen molar-refractivity contribution in [2.45, 2.75) is 103 Å². The van der Waals surface area contributed by atoms with E-state index in [-0.39, 0.29) is 18.0 Å². The number of amides is 2. The molecule has 9 nitrogen and oxygen atoms in total. The van der Waals surface area contributed by atoms with E-state index in [9.17, 15) is 14.4 Å². The first-order valence-corrected chi connectivity index (χ1v) is 16.9. The number of para-hydroxylation sites is 1. The third-order valence-electron chi connectivity index (χ3n) is 8.03. The number of ether oxygens (including phenoxy) is 4. The summed E-state index contributed by atoms with van der Waals surface area (Å²) in [5.74, 6) is 1.65. The maximum atomic E-state index is 12.7. The molecule has 1 atom stereocenters. The standard InChI is InChI=1S/C36H52N2O7/c1-3-5-6-7-11-17-29(4-2)34(39)42-27-15-9-8-14-24-37-35(40)44-31-22-25-38(26-23-31)36(41)45-33-21-16-20-32(28-33)43-30-18-12-10-13-19-30/h10,12-13,16,18-21,28-29,31H,3-9,11,14-15,17,22-27H2,1-2H3,(H,37,40). The molecule has 1 N–H and O–H groups in total. The van der Waals surface area contributed by atoms with Gasteiger partial charge in [-0.3, -0.25) is 4.79 Å². The lowest BCUT2D eigenvalue weighted by Crippen LogP contribution is -2.43. The van der Waals surface area contributed by atoms with E-state index in [4.69, 9.17) is 18.9 Å². The van der Waals surface area contributed by atoms with E-state index in [0.717, 1.165) is 44.9 Å². The van der Waals surface area contributed by atoms with Crippen LogP contribution < -0.4 is 14.8 Å². The van der Waals surface area contributed by atoms with Gasteiger partial charge >= 0.3 is 18.2 Å². The lowest BCUT2D eigenvalue weighted by molar-refractivity contribution is -0.149. The Bertz CT molecular complexity index is 1140. The Morgan fingerprint density at radius 2 is 1.51 bits per heavy atom. The minimum Gasteiger partial charge on any atom is -0.465 e. The molecule has 0 spiro atoms. The number of likely N-dealkylation sites (tertiary alicyclic amines) is 1. The number of piperidine rings is 1. The monoisotopic (exact) mass is 624 g/mol. The summed E-state index contributed by atoms with van der Waals surface area (Å²) in [5.41, 5.74) is 0. The summed E-state index contributed by atoms with van der Waals surface area (Å²) in [5, 5.41) is 2.82. The van der Waals surface area contributed by atoms with Crippen molar-refractivity contribution >= 4 is 18.2 Å². The number of carbonyl (C=O) groups excluding carboxylic acids is 3. The smallest absolute Gasteiger partial charge is 0.415 e. The fourth-order valence-electron chi connectivity index (χ4n) is 5.29. The highest BCUT2D eigenvalue weighted by molar-refractivity contribution is 5.72. The summed E-state index contributed by atoms with van der Waals surface area (Å²) in [7, 11) is 0. The Morgan fingerprint density at radius 1 is 0.822 bits per heavy atom. The van der Waals surface area contributed by atoms with E-state index in [1.165, 1.54) is 25.7 Å². The van der Waals surface area contributed by atoms with Crippen LogP contribution in [0.5, 0.6) is 17.2 Å². The molecular formula is C36H52N2O7. The van der Waals surface area contributed by atoms with Crippen molar-refractivity contribution in [1.29, 1.82) is 0 Å². The SMILES string of the molecule is CCCCCCCC(CC)C(=O)OCCCCCCNC(=O)OC1CCN(C(=O)Oc2cccc(Oc3ccccc3)c2)CC1. The Kier molecular flexibility index (Phi) is 16.7. The van der Waals surface area contributed by atoms with Gasteiger partial charge in [-0.2, -0.15) is 0 Å². The van der Waals surface area contributed by atoms with Gasteiger partial charge < -0.3 is 29.2 Å². The van der Waals surface area contributed by atoms with Crippen LogP contribution in [0.1, 0.15) is 97.3 Å². The molecule has 0 saturated carbocycles. The molecule has 1 heterocycles. The molecule has 2 aromatic carbocycles. The van der Waals surface area contributed by atoms with Crippen LogP contribution in [0.3, 0.4) is 0 Å². The van der Waals surface area contributed by atoms with E-state index in [1.807, 2.05) is 30.3 Å². The second-order valence-corrected chi connectivity index (χ2v) is 11.7. The van der Waals surface area contributed by atoms with Crippen molar-refractivity contribution in [3.05, 3.63) is 54.6 Å². The summed E-state index contributed by atoms with van der Waals surface area (Å²) < 4.78 is 22.4. The molecule has 1 aliphatic rings. The first-order valence-electron chi connectivity index (χ1n) is 16.9. The number of nitrogens with zero attached hydrogens (tertiary/aromatic N) is 1. The quantitative estimate of drug-likeness (QED) is 0.123. The van der Waals surface area contributed by atoms with E-state index < -0.39 is 12.2 Å². The van der Waals surface area contributed by atoms with Crippen LogP contribution in [-0.4, -0.2) is 55.4 Å². The van der Waals surface area contributed by atoms with Crippen molar-refractivity contribution in [1.82, 2.24) is 10.2 Å². The largest absolute Gasteiger partial charge is 0.465 e. The summed E-state index contributed by atoms with van der Waals surface area (Å²) in [6.45, 7) is 6.14. The second-order valence-electron chi connectivity index (χ2n) is 11.7. The fourth-order valence-corrected chi connectivity index (χ4v) is 5.29. The van der Waals surface area contributed by atoms with Crippen LogP contribution in [-0.2, 0) is 14.3 Å². The molecule has 248 valence electrons. The minimum absolute atomic E-state index is 0.0200. The van der Waals surface area contributed by atoms with E-state index in [2.05, 4.69) is 19.2 Å². The average molecular weight is 625 g/mol. The number of hydrogen-bond donors (Lipinski definition) is 1. The normalized spacial score (nSPS) is 14.0. The van der Waals surface area contributed by atoms with Gasteiger partial charge in [0, 0.05) is 38.5 Å². The molecule has 0 radical (unpaired) electrons. The zero-order valence-corrected chi connectivity index (χ0v) is 27.2. The maximum Gasteiger partial charge on any atom is 0.415 e. The predicted octanol–water partition coefficient (Wildman–Crippen LogP) is 8.66. The maximum absolute atomic E-state index is 12.7. The molecule has 2 aromatic rings. The summed E-state index contributed by atoms with van der Waals surface area (Å²) in [6.07, 6.45) is 11.3. The van der Waals surface area contributed by atoms with Crippen molar-refractivity contribution in [2.75, 3.05) is 26.2 Å². The number of rotatable bonds is 19. The van der Waals surface area contributed by atoms with Crippen LogP contribution in [0.25, 0.3) is 0 Å². The highest BCUT2D eigenvalue weighted by atomic mass is 16.6. The fraction of sp³-hybridized carbons (Fsp3) is 0.583. The summed E-state index contributed by atoms with van der Waals surface area (Å²) >= 11 is 0. The van der Waals surface area contributed by atoms with Crippen molar-refractivity contribution in [2.24, 2.45) is 5.92 Å². The van der Waals surface area contributed by atoms with E-state index >= 15 is 0 Å². The Morgan fingerprint density at radius 3 is 2.27 bits per heavy atom. The molecule has 3 rings (SSSR count). The van der Waals surface area contributed by atoms with Crippen LogP contribution >= 0.6 is 0 Å². The number of esters is 1. The molecule has 0 aromatic heterocycles. The Hall–Kier alpha value is -3.75. The van der Waals surface area contributed by atoms with E-state index in [0.29, 0.717) is 56.3 Å². The topological polar surface area (TPSA) is 103 Å². The molecule has 0 aliphatic carbocycles. The van der Waals surface area contributed by atoms with Gasteiger partial charge in [-0.05, 0) is 56.4 Å². The van der Waals surface area contributed by atoms with Crippen LogP contribution in [0.4, 0.5) is 9.59 Å². The third kappa shape index (κ3) is 14.3. The lowest BCUT2D eigenvalue weighted by Gasteiger charge is -2.30. The minimum atomic E-state index is -0.437. The van der Waals surface area contributed by atoms with Gasteiger partial charge in [0.1, 0.15) is 23.4 Å². The Balaban J connectivity index is 1.20. The third-order valence-corrected chi connectivity index (χ3v) is 8.03. The van der Waals surface area contributed by atoms with Gasteiger partial charge in [-0.15, -0.1) is 0 Å². The van der Waals surface area contributed by atoms with Gasteiger partial charge in [0.15, 0.2) is 0 Å². The Labute approximate surface area is 268 Å². The van der Waals surface area contributed by atoms with E-state index in [1.54, 1.807) is 29.2 Å². The molecule has 1 unspecified atom stereocenters. The van der Waals surface area contributed by atoms with Crippen molar-refractivity contribution in [3.63, 3.8) is 0 Å². The number of benzene rings is 2. The highest BCUT2D eigenvalue weighted by Gasteiger charge is 2.26. The molecular weight excluding hydrogens is 572 g/mol. The van der Waals surface area contributed by atoms with Crippen molar-refractivity contribution < 1.29 is 33.3 Å². The molecule has 45 heavy (non-hydrogen) atoms. The van der Waals surface area contributed by atoms with Gasteiger partial charge in [-0.25, -0.2) is 9.59 Å². The van der Waals surface area contributed by atoms with Gasteiger partial charge in [0.25, 0.3) is 0 Å². The molecule has 0 bridgehead atoms. The molecule has 9 heteroatoms. The molecule has 1 saturated heterocycles. The van der Waals surface area contributed by atoms with Crippen molar-refractivity contribution in [3.8, 4) is 17.2 Å². The second kappa shape index (κ2) is 21.1. The zero-order chi connectivity index (χ0) is 32.1. The van der Waals surface area contributed by atoms with Gasteiger partial charge in [0.05, 0.1) is 12.5 Å².